The number of rotatable bonds is 4. The van der Waals surface area contributed by atoms with Crippen molar-refractivity contribution in [2.45, 2.75) is 63.6 Å². The molecule has 1 saturated carbocycles. The molecule has 3 aromatic carbocycles. The van der Waals surface area contributed by atoms with E-state index in [4.69, 9.17) is 0 Å². The van der Waals surface area contributed by atoms with E-state index in [9.17, 15) is 14.4 Å². The van der Waals surface area contributed by atoms with E-state index in [0.29, 0.717) is 17.7 Å². The first kappa shape index (κ1) is 24.6. The highest BCUT2D eigenvalue weighted by Crippen LogP contribution is 2.44. The number of carbonyl (C=O) groups excluding carboxylic acids is 3. The quantitative estimate of drug-likeness (QED) is 0.315. The molecule has 1 saturated heterocycles. The Balaban J connectivity index is 1.22. The number of aromatic amines is 1. The lowest BCUT2D eigenvalue weighted by molar-refractivity contribution is -0.120. The lowest BCUT2D eigenvalue weighted by atomic mass is 9.88. The third kappa shape index (κ3) is 3.99. The number of aromatic nitrogens is 1. The third-order valence-corrected chi connectivity index (χ3v) is 8.77. The SMILES string of the molecule is Cc1ccc(C2c3[nH]c4ccccc4c3CC3C(=O)N(c4ccc(C(=O)NC5CCCCC5)cc4)C(=O)N32)cc1. The second kappa shape index (κ2) is 9.66. The standard InChI is InChI=1S/C33H32N4O3/c1-20-11-13-21(14-12-20)30-29-26(25-9-5-6-10-27(25)35-29)19-28-32(39)36(33(40)37(28)30)24-17-15-22(16-18-24)31(38)34-23-7-3-2-4-8-23/h5-6,9-18,23,28,30,35H,2-4,7-8,19H2,1H3,(H,34,38). The van der Waals surface area contributed by atoms with Crippen LogP contribution in [0, 0.1) is 6.92 Å². The number of carbonyl (C=O) groups is 3. The summed E-state index contributed by atoms with van der Waals surface area (Å²) in [6.45, 7) is 2.03. The van der Waals surface area contributed by atoms with Crippen LogP contribution >= 0.6 is 0 Å². The molecule has 2 fully saturated rings. The first-order valence-corrected chi connectivity index (χ1v) is 14.2. The summed E-state index contributed by atoms with van der Waals surface area (Å²) >= 11 is 0. The van der Waals surface area contributed by atoms with Crippen LogP contribution in [0.15, 0.2) is 72.8 Å². The molecule has 0 spiro atoms. The predicted molar refractivity (Wildman–Crippen MR) is 154 cm³/mol. The topological polar surface area (TPSA) is 85.5 Å². The summed E-state index contributed by atoms with van der Waals surface area (Å²) in [6, 6.07) is 21.9. The minimum Gasteiger partial charge on any atom is -0.356 e. The molecule has 0 radical (unpaired) electrons. The van der Waals surface area contributed by atoms with Crippen LogP contribution in [0.25, 0.3) is 10.9 Å². The number of H-pyrrole nitrogens is 1. The van der Waals surface area contributed by atoms with Crippen molar-refractivity contribution in [1.29, 1.82) is 0 Å². The van der Waals surface area contributed by atoms with Gasteiger partial charge in [0.2, 0.25) is 0 Å². The number of imide groups is 1. The Labute approximate surface area is 233 Å². The van der Waals surface area contributed by atoms with E-state index in [1.54, 1.807) is 29.2 Å². The fourth-order valence-electron chi connectivity index (χ4n) is 6.68. The van der Waals surface area contributed by atoms with Crippen LogP contribution < -0.4 is 10.2 Å². The largest absolute Gasteiger partial charge is 0.356 e. The zero-order valence-corrected chi connectivity index (χ0v) is 22.5. The van der Waals surface area contributed by atoms with Gasteiger partial charge in [0.25, 0.3) is 11.8 Å². The van der Waals surface area contributed by atoms with Crippen LogP contribution in [0.3, 0.4) is 0 Å². The molecule has 2 atom stereocenters. The van der Waals surface area contributed by atoms with Crippen LogP contribution in [0.2, 0.25) is 0 Å². The van der Waals surface area contributed by atoms with Gasteiger partial charge >= 0.3 is 6.03 Å². The smallest absolute Gasteiger partial charge is 0.332 e. The third-order valence-electron chi connectivity index (χ3n) is 8.77. The molecule has 2 N–H and O–H groups in total. The number of hydrogen-bond acceptors (Lipinski definition) is 3. The number of fused-ring (bicyclic) bond motifs is 4. The monoisotopic (exact) mass is 532 g/mol. The number of hydrogen-bond donors (Lipinski definition) is 2. The van der Waals surface area contributed by atoms with E-state index in [-0.39, 0.29) is 23.9 Å². The first-order valence-electron chi connectivity index (χ1n) is 14.2. The minimum atomic E-state index is -0.611. The van der Waals surface area contributed by atoms with Gasteiger partial charge in [-0.05, 0) is 61.2 Å². The lowest BCUT2D eigenvalue weighted by Gasteiger charge is -2.36. The number of anilines is 1. The number of amides is 4. The maximum atomic E-state index is 14.0. The lowest BCUT2D eigenvalue weighted by Crippen LogP contribution is -2.44. The van der Waals surface area contributed by atoms with Gasteiger partial charge in [0.15, 0.2) is 0 Å². The Kier molecular flexibility index (Phi) is 5.95. The molecule has 2 aliphatic heterocycles. The average molecular weight is 533 g/mol. The second-order valence-electron chi connectivity index (χ2n) is 11.3. The number of nitrogens with zero attached hydrogens (tertiary/aromatic N) is 2. The van der Waals surface area contributed by atoms with E-state index in [1.165, 1.54) is 11.3 Å². The summed E-state index contributed by atoms with van der Waals surface area (Å²) in [7, 11) is 0. The molecule has 7 heteroatoms. The molecular formula is C33H32N4O3. The molecule has 7 nitrogen and oxygen atoms in total. The molecule has 202 valence electrons. The Morgan fingerprint density at radius 2 is 1.62 bits per heavy atom. The number of nitrogens with one attached hydrogen (secondary N) is 2. The van der Waals surface area contributed by atoms with Gasteiger partial charge in [-0.25, -0.2) is 9.69 Å². The van der Waals surface area contributed by atoms with Gasteiger partial charge in [-0.1, -0.05) is 67.3 Å². The van der Waals surface area contributed by atoms with Crippen LogP contribution in [0.1, 0.15) is 70.9 Å². The average Bonchev–Trinajstić information content (AvgIpc) is 3.47. The second-order valence-corrected chi connectivity index (χ2v) is 11.3. The molecule has 3 heterocycles. The normalized spacial score (nSPS) is 21.0. The van der Waals surface area contributed by atoms with Crippen molar-refractivity contribution in [1.82, 2.24) is 15.2 Å². The fraction of sp³-hybridized carbons (Fsp3) is 0.303. The summed E-state index contributed by atoms with van der Waals surface area (Å²) in [6.07, 6.45) is 5.98. The predicted octanol–water partition coefficient (Wildman–Crippen LogP) is 6.02. The molecule has 1 aliphatic carbocycles. The number of benzene rings is 3. The molecule has 1 aromatic heterocycles. The summed E-state index contributed by atoms with van der Waals surface area (Å²) in [4.78, 5) is 47.4. The van der Waals surface area contributed by atoms with Crippen molar-refractivity contribution in [3.05, 3.63) is 101 Å². The Bertz CT molecular complexity index is 1620. The summed E-state index contributed by atoms with van der Waals surface area (Å²) in [5.74, 6) is -0.350. The van der Waals surface area contributed by atoms with E-state index in [1.807, 2.05) is 49.4 Å². The van der Waals surface area contributed by atoms with Crippen molar-refractivity contribution < 1.29 is 14.4 Å². The van der Waals surface area contributed by atoms with E-state index in [2.05, 4.69) is 16.4 Å². The number of para-hydroxylation sites is 1. The Morgan fingerprint density at radius 1 is 0.900 bits per heavy atom. The zero-order chi connectivity index (χ0) is 27.4. The molecular weight excluding hydrogens is 500 g/mol. The molecule has 2 unspecified atom stereocenters. The van der Waals surface area contributed by atoms with Crippen molar-refractivity contribution in [2.24, 2.45) is 0 Å². The number of aryl methyl sites for hydroxylation is 1. The molecule has 4 amide bonds. The van der Waals surface area contributed by atoms with Gasteiger partial charge in [-0.2, -0.15) is 0 Å². The molecule has 40 heavy (non-hydrogen) atoms. The minimum absolute atomic E-state index is 0.111. The van der Waals surface area contributed by atoms with Gasteiger partial charge in [-0.15, -0.1) is 0 Å². The summed E-state index contributed by atoms with van der Waals surface area (Å²) < 4.78 is 0. The van der Waals surface area contributed by atoms with Crippen molar-refractivity contribution in [2.75, 3.05) is 4.90 Å². The Hall–Kier alpha value is -4.39. The van der Waals surface area contributed by atoms with Crippen molar-refractivity contribution in [3.8, 4) is 0 Å². The van der Waals surface area contributed by atoms with Crippen LogP contribution in [-0.2, 0) is 11.2 Å². The first-order chi connectivity index (χ1) is 19.5. The maximum Gasteiger partial charge on any atom is 0.332 e. The van der Waals surface area contributed by atoms with E-state index < -0.39 is 12.1 Å². The van der Waals surface area contributed by atoms with Crippen molar-refractivity contribution >= 4 is 34.4 Å². The Morgan fingerprint density at radius 3 is 2.38 bits per heavy atom. The highest BCUT2D eigenvalue weighted by Gasteiger charge is 2.53. The van der Waals surface area contributed by atoms with E-state index >= 15 is 0 Å². The maximum absolute atomic E-state index is 14.0. The highest BCUT2D eigenvalue weighted by molar-refractivity contribution is 6.22. The van der Waals surface area contributed by atoms with Crippen LogP contribution in [-0.4, -0.2) is 39.8 Å². The highest BCUT2D eigenvalue weighted by atomic mass is 16.2. The van der Waals surface area contributed by atoms with Crippen LogP contribution in [0.5, 0.6) is 0 Å². The van der Waals surface area contributed by atoms with Gasteiger partial charge in [0.1, 0.15) is 12.1 Å². The van der Waals surface area contributed by atoms with Gasteiger partial charge in [0, 0.05) is 34.6 Å². The molecule has 7 rings (SSSR count). The molecule has 0 bridgehead atoms. The summed E-state index contributed by atoms with van der Waals surface area (Å²) in [5.41, 5.74) is 6.15. The molecule has 3 aliphatic rings. The van der Waals surface area contributed by atoms with E-state index in [0.717, 1.165) is 59.0 Å². The summed E-state index contributed by atoms with van der Waals surface area (Å²) in [5, 5.41) is 4.22. The fourth-order valence-corrected chi connectivity index (χ4v) is 6.68. The number of urea groups is 1. The molecule has 4 aromatic rings. The van der Waals surface area contributed by atoms with Gasteiger partial charge in [-0.3, -0.25) is 14.5 Å². The zero-order valence-electron chi connectivity index (χ0n) is 22.5. The van der Waals surface area contributed by atoms with Gasteiger partial charge < -0.3 is 10.3 Å². The van der Waals surface area contributed by atoms with Crippen molar-refractivity contribution in [3.63, 3.8) is 0 Å². The van der Waals surface area contributed by atoms with Gasteiger partial charge in [0.05, 0.1) is 5.69 Å². The van der Waals surface area contributed by atoms with Crippen LogP contribution in [0.4, 0.5) is 10.5 Å².